The van der Waals surface area contributed by atoms with Crippen LogP contribution in [0.1, 0.15) is 37.8 Å². The van der Waals surface area contributed by atoms with Crippen LogP contribution in [0.4, 0.5) is 0 Å². The second-order valence-electron chi connectivity index (χ2n) is 5.13. The number of benzene rings is 1. The van der Waals surface area contributed by atoms with Crippen LogP contribution in [0.15, 0.2) is 24.3 Å². The van der Waals surface area contributed by atoms with E-state index in [4.69, 9.17) is 16.7 Å². The Hall–Kier alpha value is -0.570. The van der Waals surface area contributed by atoms with Gasteiger partial charge in [-0.3, -0.25) is 0 Å². The van der Waals surface area contributed by atoms with Crippen molar-refractivity contribution in [1.29, 1.82) is 0 Å². The molecule has 0 bridgehead atoms. The summed E-state index contributed by atoms with van der Waals surface area (Å²) in [6, 6.07) is 8.31. The van der Waals surface area contributed by atoms with Gasteiger partial charge in [0.05, 0.1) is 0 Å². The highest BCUT2D eigenvalue weighted by Gasteiger charge is 2.41. The molecule has 0 radical (unpaired) electrons. The van der Waals surface area contributed by atoms with E-state index in [1.165, 1.54) is 18.4 Å². The van der Waals surface area contributed by atoms with Gasteiger partial charge in [-0.1, -0.05) is 23.7 Å². The van der Waals surface area contributed by atoms with Crippen molar-refractivity contribution in [3.63, 3.8) is 0 Å². The van der Waals surface area contributed by atoms with E-state index in [9.17, 15) is 0 Å². The normalized spacial score (nSPS) is 19.0. The lowest BCUT2D eigenvalue weighted by atomic mass is 10.0. The summed E-state index contributed by atoms with van der Waals surface area (Å²) in [5.41, 5.74) is 1.63. The Morgan fingerprint density at radius 1 is 1.35 bits per heavy atom. The first-order valence-corrected chi connectivity index (χ1v) is 6.63. The molecule has 0 saturated heterocycles. The average molecular weight is 254 g/mol. The highest BCUT2D eigenvalue weighted by molar-refractivity contribution is 6.30. The van der Waals surface area contributed by atoms with Crippen LogP contribution < -0.4 is 5.32 Å². The molecule has 2 rings (SSSR count). The molecule has 3 heteroatoms. The molecule has 1 unspecified atom stereocenters. The summed E-state index contributed by atoms with van der Waals surface area (Å²) in [4.78, 5) is 0. The molecule has 1 fully saturated rings. The van der Waals surface area contributed by atoms with Crippen molar-refractivity contribution in [2.45, 2.75) is 32.2 Å². The third-order valence-electron chi connectivity index (χ3n) is 3.75. The van der Waals surface area contributed by atoms with Crippen molar-refractivity contribution < 1.29 is 5.11 Å². The molecule has 0 aliphatic heterocycles. The van der Waals surface area contributed by atoms with E-state index in [0.717, 1.165) is 18.0 Å². The highest BCUT2D eigenvalue weighted by Crippen LogP contribution is 2.48. The Morgan fingerprint density at radius 3 is 2.53 bits per heavy atom. The number of rotatable bonds is 6. The summed E-state index contributed by atoms with van der Waals surface area (Å²) < 4.78 is 0. The number of hydrogen-bond donors (Lipinski definition) is 2. The van der Waals surface area contributed by atoms with Crippen molar-refractivity contribution in [2.75, 3.05) is 13.2 Å². The summed E-state index contributed by atoms with van der Waals surface area (Å²) in [5.74, 6) is 0. The van der Waals surface area contributed by atoms with E-state index in [2.05, 4.69) is 24.4 Å². The summed E-state index contributed by atoms with van der Waals surface area (Å²) in [6.45, 7) is 3.46. The number of aliphatic hydroxyl groups excluding tert-OH is 1. The van der Waals surface area contributed by atoms with Gasteiger partial charge in [0.15, 0.2) is 0 Å². The molecule has 1 aromatic carbocycles. The minimum absolute atomic E-state index is 0.303. The fourth-order valence-corrected chi connectivity index (χ4v) is 2.29. The van der Waals surface area contributed by atoms with Gasteiger partial charge in [0, 0.05) is 24.2 Å². The Bertz CT molecular complexity index is 359. The Morgan fingerprint density at radius 2 is 2.00 bits per heavy atom. The van der Waals surface area contributed by atoms with E-state index < -0.39 is 0 Å². The molecule has 2 N–H and O–H groups in total. The van der Waals surface area contributed by atoms with E-state index in [1.54, 1.807) is 0 Å². The summed E-state index contributed by atoms with van der Waals surface area (Å²) in [5, 5.41) is 13.3. The quantitative estimate of drug-likeness (QED) is 0.816. The molecule has 1 aliphatic carbocycles. The zero-order valence-corrected chi connectivity index (χ0v) is 11.0. The van der Waals surface area contributed by atoms with Gasteiger partial charge in [-0.15, -0.1) is 0 Å². The summed E-state index contributed by atoms with van der Waals surface area (Å²) >= 11 is 5.87. The van der Waals surface area contributed by atoms with Crippen molar-refractivity contribution >= 4 is 11.6 Å². The molecule has 0 spiro atoms. The van der Waals surface area contributed by atoms with Crippen LogP contribution in [0.3, 0.4) is 0 Å². The van der Waals surface area contributed by atoms with Crippen LogP contribution >= 0.6 is 11.6 Å². The zero-order chi connectivity index (χ0) is 12.3. The summed E-state index contributed by atoms with van der Waals surface area (Å²) in [7, 11) is 0. The number of aliphatic hydroxyl groups is 1. The molecule has 2 nitrogen and oxygen atoms in total. The van der Waals surface area contributed by atoms with Crippen LogP contribution in [-0.2, 0) is 0 Å². The molecule has 1 aliphatic rings. The van der Waals surface area contributed by atoms with Crippen LogP contribution in [0, 0.1) is 5.41 Å². The molecule has 94 valence electrons. The van der Waals surface area contributed by atoms with Crippen molar-refractivity contribution in [3.8, 4) is 0 Å². The predicted octanol–water partition coefficient (Wildman–Crippen LogP) is 3.15. The van der Waals surface area contributed by atoms with E-state index in [0.29, 0.717) is 18.1 Å². The zero-order valence-electron chi connectivity index (χ0n) is 10.2. The lowest BCUT2D eigenvalue weighted by molar-refractivity contribution is 0.243. The van der Waals surface area contributed by atoms with Crippen LogP contribution in [-0.4, -0.2) is 18.3 Å². The maximum absolute atomic E-state index is 9.01. The first-order valence-electron chi connectivity index (χ1n) is 6.25. The number of nitrogens with one attached hydrogen (secondary N) is 1. The molecule has 1 saturated carbocycles. The predicted molar refractivity (Wildman–Crippen MR) is 71.2 cm³/mol. The average Bonchev–Trinajstić information content (AvgIpc) is 3.08. The first-order chi connectivity index (χ1) is 8.15. The molecule has 1 atom stereocenters. The van der Waals surface area contributed by atoms with Crippen molar-refractivity contribution in [1.82, 2.24) is 5.32 Å². The lowest BCUT2D eigenvalue weighted by Gasteiger charge is -2.19. The van der Waals surface area contributed by atoms with Gasteiger partial charge in [0.25, 0.3) is 0 Å². The topological polar surface area (TPSA) is 32.3 Å². The van der Waals surface area contributed by atoms with Gasteiger partial charge in [-0.25, -0.2) is 0 Å². The van der Waals surface area contributed by atoms with Gasteiger partial charge >= 0.3 is 0 Å². The summed E-state index contributed by atoms with van der Waals surface area (Å²) in [6.07, 6.45) is 3.41. The Labute approximate surface area is 108 Å². The minimum Gasteiger partial charge on any atom is -0.396 e. The van der Waals surface area contributed by atoms with Gasteiger partial charge in [0.1, 0.15) is 0 Å². The van der Waals surface area contributed by atoms with Gasteiger partial charge in [0.2, 0.25) is 0 Å². The van der Waals surface area contributed by atoms with Crippen LogP contribution in [0.5, 0.6) is 0 Å². The Balaban J connectivity index is 1.85. The van der Waals surface area contributed by atoms with Crippen molar-refractivity contribution in [3.05, 3.63) is 34.9 Å². The number of hydrogen-bond acceptors (Lipinski definition) is 2. The second kappa shape index (κ2) is 5.38. The van der Waals surface area contributed by atoms with Crippen LogP contribution in [0.2, 0.25) is 5.02 Å². The molecule has 1 aromatic rings. The Kier molecular flexibility index (Phi) is 4.08. The molecule has 0 aromatic heterocycles. The van der Waals surface area contributed by atoms with Gasteiger partial charge < -0.3 is 10.4 Å². The van der Waals surface area contributed by atoms with Gasteiger partial charge in [-0.05, 0) is 49.3 Å². The van der Waals surface area contributed by atoms with Gasteiger partial charge in [-0.2, -0.15) is 0 Å². The van der Waals surface area contributed by atoms with E-state index in [-0.39, 0.29) is 0 Å². The van der Waals surface area contributed by atoms with Crippen molar-refractivity contribution in [2.24, 2.45) is 5.41 Å². The SMILES string of the molecule is CC(NCC1(CCO)CC1)c1ccc(Cl)cc1. The minimum atomic E-state index is 0.303. The first kappa shape index (κ1) is 12.9. The monoisotopic (exact) mass is 253 g/mol. The second-order valence-corrected chi connectivity index (χ2v) is 5.56. The molecule has 0 heterocycles. The molecule has 0 amide bonds. The fraction of sp³-hybridized carbons (Fsp3) is 0.571. The van der Waals surface area contributed by atoms with E-state index >= 15 is 0 Å². The third kappa shape index (κ3) is 3.44. The molecular weight excluding hydrogens is 234 g/mol. The largest absolute Gasteiger partial charge is 0.396 e. The fourth-order valence-electron chi connectivity index (χ4n) is 2.17. The number of halogens is 1. The standard InChI is InChI=1S/C14H20ClNO/c1-11(12-2-4-13(15)5-3-12)16-10-14(6-7-14)8-9-17/h2-5,11,16-17H,6-10H2,1H3. The third-order valence-corrected chi connectivity index (χ3v) is 4.00. The molecule has 17 heavy (non-hydrogen) atoms. The smallest absolute Gasteiger partial charge is 0.0436 e. The maximum Gasteiger partial charge on any atom is 0.0436 e. The lowest BCUT2D eigenvalue weighted by Crippen LogP contribution is -2.27. The highest BCUT2D eigenvalue weighted by atomic mass is 35.5. The van der Waals surface area contributed by atoms with E-state index in [1.807, 2.05) is 12.1 Å². The molecular formula is C14H20ClNO. The maximum atomic E-state index is 9.01. The van der Waals surface area contributed by atoms with Crippen LogP contribution in [0.25, 0.3) is 0 Å².